The van der Waals surface area contributed by atoms with Gasteiger partial charge in [0.15, 0.2) is 0 Å². The molecule has 4 rings (SSSR count). The molecule has 0 unspecified atom stereocenters. The molecule has 134 valence electrons. The molecular formula is C17H19FN2O5. The summed E-state index contributed by atoms with van der Waals surface area (Å²) in [5.74, 6) is 0.189. The van der Waals surface area contributed by atoms with E-state index in [4.69, 9.17) is 14.2 Å². The highest BCUT2D eigenvalue weighted by Crippen LogP contribution is 2.31. The molecule has 1 N–H and O–H groups in total. The lowest BCUT2D eigenvalue weighted by atomic mass is 9.91. The summed E-state index contributed by atoms with van der Waals surface area (Å²) in [7, 11) is 0. The van der Waals surface area contributed by atoms with E-state index in [0.29, 0.717) is 37.2 Å². The number of hydrogen-bond acceptors (Lipinski definition) is 5. The van der Waals surface area contributed by atoms with Gasteiger partial charge in [0.1, 0.15) is 35.9 Å². The molecule has 1 spiro atoms. The molecule has 3 fully saturated rings. The summed E-state index contributed by atoms with van der Waals surface area (Å²) in [6, 6.07) is 4.77. The Labute approximate surface area is 144 Å². The molecule has 7 nitrogen and oxygen atoms in total. The van der Waals surface area contributed by atoms with E-state index in [1.54, 1.807) is 24.0 Å². The van der Waals surface area contributed by atoms with Crippen LogP contribution in [0.4, 0.5) is 14.0 Å². The summed E-state index contributed by atoms with van der Waals surface area (Å²) in [4.78, 5) is 24.7. The third-order valence-corrected chi connectivity index (χ3v) is 4.86. The zero-order valence-corrected chi connectivity index (χ0v) is 13.8. The van der Waals surface area contributed by atoms with Gasteiger partial charge >= 0.3 is 12.2 Å². The van der Waals surface area contributed by atoms with Crippen LogP contribution in [0.15, 0.2) is 18.2 Å². The lowest BCUT2D eigenvalue weighted by Crippen LogP contribution is -2.70. The number of amides is 2. The second kappa shape index (κ2) is 5.79. The number of halogens is 1. The Kier molecular flexibility index (Phi) is 3.70. The topological polar surface area (TPSA) is 77.1 Å². The van der Waals surface area contributed by atoms with Crippen molar-refractivity contribution in [1.29, 1.82) is 0 Å². The van der Waals surface area contributed by atoms with E-state index in [-0.39, 0.29) is 24.6 Å². The maximum absolute atomic E-state index is 13.5. The normalized spacial score (nSPS) is 26.3. The van der Waals surface area contributed by atoms with E-state index in [1.807, 2.05) is 0 Å². The summed E-state index contributed by atoms with van der Waals surface area (Å²) < 4.78 is 29.4. The van der Waals surface area contributed by atoms with E-state index >= 15 is 0 Å². The van der Waals surface area contributed by atoms with Crippen LogP contribution < -0.4 is 10.1 Å². The smallest absolute Gasteiger partial charge is 0.410 e. The van der Waals surface area contributed by atoms with Crippen LogP contribution in [0.3, 0.4) is 0 Å². The number of benzene rings is 1. The summed E-state index contributed by atoms with van der Waals surface area (Å²) in [6.45, 7) is 2.77. The van der Waals surface area contributed by atoms with Crippen LogP contribution in [0.1, 0.15) is 18.4 Å². The van der Waals surface area contributed by atoms with Crippen molar-refractivity contribution in [1.82, 2.24) is 10.2 Å². The van der Waals surface area contributed by atoms with E-state index in [1.165, 1.54) is 6.07 Å². The van der Waals surface area contributed by atoms with Gasteiger partial charge in [-0.25, -0.2) is 14.0 Å². The molecule has 1 saturated carbocycles. The van der Waals surface area contributed by atoms with E-state index in [0.717, 1.165) is 0 Å². The molecule has 2 heterocycles. The molecule has 2 saturated heterocycles. The summed E-state index contributed by atoms with van der Waals surface area (Å²) in [5, 5.41) is 2.71. The number of carbonyl (C=O) groups is 2. The summed E-state index contributed by atoms with van der Waals surface area (Å²) >= 11 is 0. The summed E-state index contributed by atoms with van der Waals surface area (Å²) in [5.41, 5.74) is 0.126. The maximum Gasteiger partial charge on any atom is 0.410 e. The van der Waals surface area contributed by atoms with Crippen molar-refractivity contribution in [3.63, 3.8) is 0 Å². The molecular weight excluding hydrogens is 331 g/mol. The molecule has 2 amide bonds. The van der Waals surface area contributed by atoms with Gasteiger partial charge in [-0.2, -0.15) is 0 Å². The van der Waals surface area contributed by atoms with Gasteiger partial charge in [0.05, 0.1) is 13.1 Å². The number of nitrogens with zero attached hydrogens (tertiary/aromatic N) is 1. The number of ether oxygens (including phenoxy) is 3. The van der Waals surface area contributed by atoms with Gasteiger partial charge in [-0.05, 0) is 18.6 Å². The Bertz CT molecular complexity index is 713. The molecule has 1 aliphatic carbocycles. The lowest BCUT2D eigenvalue weighted by molar-refractivity contribution is -0.0501. The van der Waals surface area contributed by atoms with Crippen LogP contribution in [0.2, 0.25) is 0 Å². The van der Waals surface area contributed by atoms with E-state index in [2.05, 4.69) is 5.32 Å². The molecule has 1 aromatic carbocycles. The zero-order chi connectivity index (χ0) is 17.6. The number of alkyl carbamates (subject to hydrolysis) is 1. The highest BCUT2D eigenvalue weighted by molar-refractivity contribution is 5.74. The fourth-order valence-corrected chi connectivity index (χ4v) is 3.24. The molecule has 2 aliphatic heterocycles. The van der Waals surface area contributed by atoms with Crippen LogP contribution in [0.5, 0.6) is 5.75 Å². The van der Waals surface area contributed by atoms with Crippen molar-refractivity contribution in [3.05, 3.63) is 29.6 Å². The Morgan fingerprint density at radius 1 is 1.36 bits per heavy atom. The number of likely N-dealkylation sites (tertiary alicyclic amines) is 1. The van der Waals surface area contributed by atoms with E-state index < -0.39 is 17.7 Å². The molecule has 25 heavy (non-hydrogen) atoms. The molecule has 0 aromatic heterocycles. The highest BCUT2D eigenvalue weighted by Gasteiger charge is 2.52. The fraction of sp³-hybridized carbons (Fsp3) is 0.529. The standard InChI is InChI=1S/C17H19FN2O5/c1-10-2-3-11(6-14(10)18)24-12-4-13(5-12)25-16(22)20-7-17(8-20)9-23-15(21)19-17/h2-3,6,12-13H,4-5,7-9H2,1H3,(H,19,21). The fourth-order valence-electron chi connectivity index (χ4n) is 3.24. The second-order valence-electron chi connectivity index (χ2n) is 6.97. The predicted molar refractivity (Wildman–Crippen MR) is 83.8 cm³/mol. The van der Waals surface area contributed by atoms with Crippen LogP contribution >= 0.6 is 0 Å². The van der Waals surface area contributed by atoms with Crippen LogP contribution in [0, 0.1) is 12.7 Å². The van der Waals surface area contributed by atoms with Gasteiger partial charge in [0.2, 0.25) is 0 Å². The maximum atomic E-state index is 13.5. The number of hydrogen-bond donors (Lipinski definition) is 1. The zero-order valence-electron chi connectivity index (χ0n) is 13.8. The van der Waals surface area contributed by atoms with Gasteiger partial charge in [-0.15, -0.1) is 0 Å². The van der Waals surface area contributed by atoms with Crippen molar-refractivity contribution in [2.45, 2.75) is 37.5 Å². The lowest BCUT2D eigenvalue weighted by Gasteiger charge is -2.46. The SMILES string of the molecule is Cc1ccc(OC2CC(OC(=O)N3CC4(COC(=O)N4)C3)C2)cc1F. The van der Waals surface area contributed by atoms with Gasteiger partial charge in [-0.1, -0.05) is 6.07 Å². The first-order valence-electron chi connectivity index (χ1n) is 8.26. The third kappa shape index (κ3) is 3.08. The molecule has 8 heteroatoms. The van der Waals surface area contributed by atoms with Crippen molar-refractivity contribution < 1.29 is 28.2 Å². The monoisotopic (exact) mass is 350 g/mol. The summed E-state index contributed by atoms with van der Waals surface area (Å²) in [6.07, 6.45) is 0.0558. The van der Waals surface area contributed by atoms with Crippen molar-refractivity contribution in [2.75, 3.05) is 19.7 Å². The number of carbonyl (C=O) groups excluding carboxylic acids is 2. The molecule has 0 atom stereocenters. The predicted octanol–water partition coefficient (Wildman–Crippen LogP) is 1.97. The molecule has 0 bridgehead atoms. The molecule has 1 aromatic rings. The Balaban J connectivity index is 1.19. The quantitative estimate of drug-likeness (QED) is 0.902. The van der Waals surface area contributed by atoms with Gasteiger partial charge in [-0.3, -0.25) is 0 Å². The molecule has 3 aliphatic rings. The first-order valence-corrected chi connectivity index (χ1v) is 8.26. The Morgan fingerprint density at radius 3 is 2.76 bits per heavy atom. The van der Waals surface area contributed by atoms with Crippen LogP contribution in [-0.2, 0) is 9.47 Å². The number of aryl methyl sites for hydroxylation is 1. The van der Waals surface area contributed by atoms with E-state index in [9.17, 15) is 14.0 Å². The minimum absolute atomic E-state index is 0.0786. The average Bonchev–Trinajstić information content (AvgIpc) is 2.89. The van der Waals surface area contributed by atoms with Gasteiger partial charge in [0, 0.05) is 18.9 Å². The van der Waals surface area contributed by atoms with Crippen molar-refractivity contribution in [2.24, 2.45) is 0 Å². The van der Waals surface area contributed by atoms with Gasteiger partial charge < -0.3 is 24.4 Å². The first-order chi connectivity index (χ1) is 11.9. The number of cyclic esters (lactones) is 1. The number of rotatable bonds is 3. The first kappa shape index (κ1) is 16.0. The largest absolute Gasteiger partial charge is 0.490 e. The third-order valence-electron chi connectivity index (χ3n) is 4.86. The highest BCUT2D eigenvalue weighted by atomic mass is 19.1. The molecule has 0 radical (unpaired) electrons. The average molecular weight is 350 g/mol. The Hall–Kier alpha value is -2.51. The number of nitrogens with one attached hydrogen (secondary N) is 1. The van der Waals surface area contributed by atoms with Crippen molar-refractivity contribution >= 4 is 12.2 Å². The van der Waals surface area contributed by atoms with Crippen LogP contribution in [-0.4, -0.2) is 54.5 Å². The van der Waals surface area contributed by atoms with Gasteiger partial charge in [0.25, 0.3) is 0 Å². The second-order valence-corrected chi connectivity index (χ2v) is 6.97. The minimum atomic E-state index is -0.448. The minimum Gasteiger partial charge on any atom is -0.490 e. The Morgan fingerprint density at radius 2 is 2.12 bits per heavy atom. The van der Waals surface area contributed by atoms with Crippen LogP contribution in [0.25, 0.3) is 0 Å². The van der Waals surface area contributed by atoms with Crippen molar-refractivity contribution in [3.8, 4) is 5.75 Å².